The van der Waals surface area contributed by atoms with Crippen LogP contribution in [0.15, 0.2) is 24.3 Å². The fourth-order valence-electron chi connectivity index (χ4n) is 3.64. The number of carbonyl (C=O) groups excluding carboxylic acids is 1. The van der Waals surface area contributed by atoms with Crippen LogP contribution in [-0.2, 0) is 4.79 Å². The summed E-state index contributed by atoms with van der Waals surface area (Å²) in [5.74, 6) is -0.0892. The second-order valence-corrected chi connectivity index (χ2v) is 8.80. The lowest BCUT2D eigenvalue weighted by Gasteiger charge is -2.19. The first-order valence-corrected chi connectivity index (χ1v) is 13.1. The van der Waals surface area contributed by atoms with Crippen molar-refractivity contribution in [3.05, 3.63) is 24.3 Å². The highest BCUT2D eigenvalue weighted by Crippen LogP contribution is 2.11. The topological polar surface area (TPSA) is 69.6 Å². The standard InChI is InChI=1S/C27H51NO3/c1-3-5-7-9-11-13-15-17-19-21-23-27(31)28-25(24-29)26(30)22-20-18-16-14-12-10-8-6-4-2/h16,18,20,22,25-26,29-30H,3-15,17,19,21,23-24H2,1-2H3,(H,28,31)/b18-16+,22-20+/t25-,26+/m0/s1. The Bertz CT molecular complexity index is 448. The molecular weight excluding hydrogens is 386 g/mol. The van der Waals surface area contributed by atoms with E-state index < -0.39 is 12.1 Å². The molecule has 0 aromatic rings. The highest BCUT2D eigenvalue weighted by Gasteiger charge is 2.17. The average Bonchev–Trinajstić information content (AvgIpc) is 2.77. The van der Waals surface area contributed by atoms with E-state index in [0.29, 0.717) is 6.42 Å². The van der Waals surface area contributed by atoms with Crippen LogP contribution < -0.4 is 5.32 Å². The summed E-state index contributed by atoms with van der Waals surface area (Å²) in [6.45, 7) is 4.19. The summed E-state index contributed by atoms with van der Waals surface area (Å²) < 4.78 is 0. The van der Waals surface area contributed by atoms with E-state index in [-0.39, 0.29) is 12.5 Å². The lowest BCUT2D eigenvalue weighted by atomic mass is 10.1. The summed E-state index contributed by atoms with van der Waals surface area (Å²) in [6.07, 6.45) is 26.8. The molecule has 1 amide bonds. The van der Waals surface area contributed by atoms with Gasteiger partial charge >= 0.3 is 0 Å². The van der Waals surface area contributed by atoms with Crippen LogP contribution in [0.4, 0.5) is 0 Å². The van der Waals surface area contributed by atoms with Gasteiger partial charge in [-0.05, 0) is 19.3 Å². The average molecular weight is 438 g/mol. The molecule has 31 heavy (non-hydrogen) atoms. The van der Waals surface area contributed by atoms with Crippen molar-refractivity contribution in [3.63, 3.8) is 0 Å². The van der Waals surface area contributed by atoms with E-state index in [4.69, 9.17) is 0 Å². The van der Waals surface area contributed by atoms with Crippen molar-refractivity contribution >= 4 is 5.91 Å². The molecule has 0 saturated heterocycles. The molecule has 0 bridgehead atoms. The number of amides is 1. The van der Waals surface area contributed by atoms with Gasteiger partial charge in [-0.1, -0.05) is 122 Å². The van der Waals surface area contributed by atoms with Crippen molar-refractivity contribution in [1.82, 2.24) is 5.32 Å². The highest BCUT2D eigenvalue weighted by atomic mass is 16.3. The monoisotopic (exact) mass is 437 g/mol. The fourth-order valence-corrected chi connectivity index (χ4v) is 3.64. The summed E-state index contributed by atoms with van der Waals surface area (Å²) in [7, 11) is 0. The Morgan fingerprint density at radius 1 is 0.774 bits per heavy atom. The number of rotatable bonds is 22. The normalized spacial score (nSPS) is 13.8. The largest absolute Gasteiger partial charge is 0.394 e. The predicted octanol–water partition coefficient (Wildman–Crippen LogP) is 6.61. The van der Waals surface area contributed by atoms with Crippen molar-refractivity contribution in [2.75, 3.05) is 6.61 Å². The van der Waals surface area contributed by atoms with E-state index in [2.05, 4.69) is 25.2 Å². The predicted molar refractivity (Wildman–Crippen MR) is 133 cm³/mol. The third-order valence-electron chi connectivity index (χ3n) is 5.74. The Balaban J connectivity index is 3.82. The molecular formula is C27H51NO3. The van der Waals surface area contributed by atoms with E-state index in [1.807, 2.05) is 6.08 Å². The summed E-state index contributed by atoms with van der Waals surface area (Å²) in [4.78, 5) is 12.1. The lowest BCUT2D eigenvalue weighted by Crippen LogP contribution is -2.45. The quantitative estimate of drug-likeness (QED) is 0.132. The van der Waals surface area contributed by atoms with Gasteiger partial charge in [-0.25, -0.2) is 0 Å². The Morgan fingerprint density at radius 3 is 1.84 bits per heavy atom. The van der Waals surface area contributed by atoms with Gasteiger partial charge in [0.05, 0.1) is 18.8 Å². The van der Waals surface area contributed by atoms with E-state index in [0.717, 1.165) is 19.3 Å². The Hall–Kier alpha value is -1.13. The molecule has 182 valence electrons. The smallest absolute Gasteiger partial charge is 0.220 e. The highest BCUT2D eigenvalue weighted by molar-refractivity contribution is 5.76. The third-order valence-corrected chi connectivity index (χ3v) is 5.74. The zero-order chi connectivity index (χ0) is 23.0. The van der Waals surface area contributed by atoms with Crippen molar-refractivity contribution in [2.45, 2.75) is 135 Å². The van der Waals surface area contributed by atoms with Gasteiger partial charge in [-0.3, -0.25) is 4.79 Å². The maximum absolute atomic E-state index is 12.1. The molecule has 0 aliphatic carbocycles. The maximum atomic E-state index is 12.1. The van der Waals surface area contributed by atoms with Gasteiger partial charge in [-0.2, -0.15) is 0 Å². The fraction of sp³-hybridized carbons (Fsp3) is 0.815. The molecule has 0 heterocycles. The minimum atomic E-state index is -0.879. The van der Waals surface area contributed by atoms with Gasteiger partial charge in [0.2, 0.25) is 5.91 Å². The number of unbranched alkanes of at least 4 members (excludes halogenated alkanes) is 14. The van der Waals surface area contributed by atoms with Gasteiger partial charge in [0.15, 0.2) is 0 Å². The first-order chi connectivity index (χ1) is 15.2. The van der Waals surface area contributed by atoms with Crippen LogP contribution in [-0.4, -0.2) is 34.9 Å². The number of aliphatic hydroxyl groups is 2. The summed E-state index contributed by atoms with van der Waals surface area (Å²) in [6, 6.07) is -0.644. The molecule has 0 fully saturated rings. The van der Waals surface area contributed by atoms with Crippen LogP contribution in [0.25, 0.3) is 0 Å². The maximum Gasteiger partial charge on any atom is 0.220 e. The van der Waals surface area contributed by atoms with Gasteiger partial charge < -0.3 is 15.5 Å². The molecule has 0 aromatic heterocycles. The van der Waals surface area contributed by atoms with Gasteiger partial charge in [0, 0.05) is 6.42 Å². The van der Waals surface area contributed by atoms with Gasteiger partial charge in [0.25, 0.3) is 0 Å². The number of aliphatic hydroxyl groups excluding tert-OH is 2. The van der Waals surface area contributed by atoms with Gasteiger partial charge in [0.1, 0.15) is 0 Å². The SMILES string of the molecule is CCCCCCC/C=C/C=C/[C@@H](O)[C@H](CO)NC(=O)CCCCCCCCCCCC. The molecule has 4 heteroatoms. The van der Waals surface area contributed by atoms with E-state index in [1.54, 1.807) is 12.2 Å². The molecule has 0 spiro atoms. The molecule has 3 N–H and O–H groups in total. The second kappa shape index (κ2) is 23.5. The summed E-state index contributed by atoms with van der Waals surface area (Å²) in [5.41, 5.74) is 0. The zero-order valence-electron chi connectivity index (χ0n) is 20.5. The van der Waals surface area contributed by atoms with E-state index in [9.17, 15) is 15.0 Å². The van der Waals surface area contributed by atoms with Crippen LogP contribution in [0.2, 0.25) is 0 Å². The molecule has 2 atom stereocenters. The molecule has 0 radical (unpaired) electrons. The molecule has 0 aliphatic heterocycles. The molecule has 0 saturated carbocycles. The number of hydrogen-bond donors (Lipinski definition) is 3. The molecule has 0 aromatic carbocycles. The minimum absolute atomic E-state index is 0.0892. The minimum Gasteiger partial charge on any atom is -0.394 e. The second-order valence-electron chi connectivity index (χ2n) is 8.80. The first-order valence-electron chi connectivity index (χ1n) is 13.1. The van der Waals surface area contributed by atoms with Crippen molar-refractivity contribution in [2.24, 2.45) is 0 Å². The van der Waals surface area contributed by atoms with E-state index in [1.165, 1.54) is 83.5 Å². The third kappa shape index (κ3) is 20.5. The van der Waals surface area contributed by atoms with Crippen molar-refractivity contribution in [3.8, 4) is 0 Å². The molecule has 4 nitrogen and oxygen atoms in total. The number of allylic oxidation sites excluding steroid dienone is 3. The Morgan fingerprint density at radius 2 is 1.29 bits per heavy atom. The molecule has 0 unspecified atom stereocenters. The van der Waals surface area contributed by atoms with Crippen LogP contribution in [0, 0.1) is 0 Å². The molecule has 0 rings (SSSR count). The Labute approximate surface area is 192 Å². The number of hydrogen-bond acceptors (Lipinski definition) is 3. The van der Waals surface area contributed by atoms with Crippen LogP contribution in [0.3, 0.4) is 0 Å². The van der Waals surface area contributed by atoms with Crippen LogP contribution >= 0.6 is 0 Å². The number of nitrogens with one attached hydrogen (secondary N) is 1. The van der Waals surface area contributed by atoms with Crippen LogP contribution in [0.1, 0.15) is 123 Å². The lowest BCUT2D eigenvalue weighted by molar-refractivity contribution is -0.123. The Kier molecular flexibility index (Phi) is 22.7. The van der Waals surface area contributed by atoms with E-state index >= 15 is 0 Å². The number of carbonyl (C=O) groups is 1. The summed E-state index contributed by atoms with van der Waals surface area (Å²) in [5, 5.41) is 22.5. The van der Waals surface area contributed by atoms with Crippen molar-refractivity contribution in [1.29, 1.82) is 0 Å². The first kappa shape index (κ1) is 29.9. The van der Waals surface area contributed by atoms with Gasteiger partial charge in [-0.15, -0.1) is 0 Å². The van der Waals surface area contributed by atoms with Crippen molar-refractivity contribution < 1.29 is 15.0 Å². The summed E-state index contributed by atoms with van der Waals surface area (Å²) >= 11 is 0. The molecule has 0 aliphatic rings. The zero-order valence-corrected chi connectivity index (χ0v) is 20.5. The van der Waals surface area contributed by atoms with Crippen LogP contribution in [0.5, 0.6) is 0 Å².